The molecule has 0 unspecified atom stereocenters. The van der Waals surface area contributed by atoms with Crippen LogP contribution in [-0.2, 0) is 12.8 Å². The third-order valence-electron chi connectivity index (χ3n) is 5.38. The van der Waals surface area contributed by atoms with E-state index in [1.165, 1.54) is 16.7 Å². The monoisotopic (exact) mass is 386 g/mol. The Labute approximate surface area is 170 Å². The Morgan fingerprint density at radius 2 is 1.93 bits per heavy atom. The molecular weight excluding hydrogens is 360 g/mol. The summed E-state index contributed by atoms with van der Waals surface area (Å²) in [7, 11) is 0. The standard InChI is InChI=1S/C24H26N4O/c1-4-9-19-15-21-20(14-16(19)2)26-22-17(3)25-24(29)27-23(22)28(21)13-8-12-18-10-6-5-7-11-18/h5-7,10-11,14-15H,3-4,8-9,12-13H2,1-2H3,(H,25,29). The first-order chi connectivity index (χ1) is 14.1. The minimum Gasteiger partial charge on any atom is -0.322 e. The van der Waals surface area contributed by atoms with Gasteiger partial charge in [0.05, 0.1) is 16.7 Å². The Balaban J connectivity index is 1.77. The molecule has 148 valence electrons. The van der Waals surface area contributed by atoms with Crippen LogP contribution in [0.4, 0.5) is 17.2 Å². The molecule has 3 aromatic rings. The molecule has 1 aliphatic rings. The number of H-pyrrole nitrogens is 1. The van der Waals surface area contributed by atoms with Crippen LogP contribution in [0.5, 0.6) is 0 Å². The summed E-state index contributed by atoms with van der Waals surface area (Å²) in [6.45, 7) is 9.06. The van der Waals surface area contributed by atoms with Crippen LogP contribution in [-0.4, -0.2) is 16.5 Å². The summed E-state index contributed by atoms with van der Waals surface area (Å²) < 4.78 is 0. The maximum atomic E-state index is 12.1. The van der Waals surface area contributed by atoms with Crippen LogP contribution in [0.3, 0.4) is 0 Å². The van der Waals surface area contributed by atoms with E-state index in [0.29, 0.717) is 16.5 Å². The summed E-state index contributed by atoms with van der Waals surface area (Å²) in [5.74, 6) is 0.602. The molecule has 0 spiro atoms. The number of aromatic amines is 1. The maximum Gasteiger partial charge on any atom is 0.347 e. The summed E-state index contributed by atoms with van der Waals surface area (Å²) >= 11 is 0. The van der Waals surface area contributed by atoms with Gasteiger partial charge in [-0.2, -0.15) is 4.98 Å². The van der Waals surface area contributed by atoms with Crippen LogP contribution in [0.15, 0.2) is 52.3 Å². The van der Waals surface area contributed by atoms with Gasteiger partial charge in [0.1, 0.15) is 5.36 Å². The number of hydrogen-bond acceptors (Lipinski definition) is 4. The highest BCUT2D eigenvalue weighted by atomic mass is 16.1. The minimum absolute atomic E-state index is 0.388. The molecule has 29 heavy (non-hydrogen) atoms. The number of aryl methyl sites for hydroxylation is 3. The zero-order valence-electron chi connectivity index (χ0n) is 17.0. The maximum absolute atomic E-state index is 12.1. The van der Waals surface area contributed by atoms with Gasteiger partial charge in [0.2, 0.25) is 0 Å². The van der Waals surface area contributed by atoms with Crippen molar-refractivity contribution in [1.82, 2.24) is 9.97 Å². The molecule has 4 rings (SSSR count). The van der Waals surface area contributed by atoms with Crippen molar-refractivity contribution in [1.29, 1.82) is 0 Å². The molecular formula is C24H26N4O. The average molecular weight is 386 g/mol. The van der Waals surface area contributed by atoms with Gasteiger partial charge in [0.15, 0.2) is 5.82 Å². The molecule has 0 atom stereocenters. The highest BCUT2D eigenvalue weighted by Crippen LogP contribution is 2.37. The fraction of sp³-hybridized carbons (Fsp3) is 0.292. The van der Waals surface area contributed by atoms with Crippen molar-refractivity contribution in [3.63, 3.8) is 0 Å². The zero-order valence-corrected chi connectivity index (χ0v) is 17.0. The van der Waals surface area contributed by atoms with Crippen molar-refractivity contribution >= 4 is 23.8 Å². The van der Waals surface area contributed by atoms with E-state index in [-0.39, 0.29) is 5.69 Å². The number of fused-ring (bicyclic) bond motifs is 2. The summed E-state index contributed by atoms with van der Waals surface area (Å²) in [6.07, 6.45) is 4.02. The highest BCUT2D eigenvalue weighted by Gasteiger charge is 2.23. The lowest BCUT2D eigenvalue weighted by Gasteiger charge is -2.29. The minimum atomic E-state index is -0.388. The first-order valence-corrected chi connectivity index (χ1v) is 10.2. The van der Waals surface area contributed by atoms with Gasteiger partial charge in [0, 0.05) is 6.54 Å². The van der Waals surface area contributed by atoms with E-state index in [4.69, 9.17) is 4.99 Å². The van der Waals surface area contributed by atoms with Gasteiger partial charge in [-0.05, 0) is 55.0 Å². The number of nitrogens with one attached hydrogen (secondary N) is 1. The van der Waals surface area contributed by atoms with Crippen LogP contribution in [0.2, 0.25) is 0 Å². The van der Waals surface area contributed by atoms with Crippen molar-refractivity contribution in [2.45, 2.75) is 39.5 Å². The van der Waals surface area contributed by atoms with Crippen molar-refractivity contribution < 1.29 is 0 Å². The molecule has 0 saturated heterocycles. The quantitative estimate of drug-likeness (QED) is 0.706. The van der Waals surface area contributed by atoms with Gasteiger partial charge in [-0.3, -0.25) is 0 Å². The summed E-state index contributed by atoms with van der Waals surface area (Å²) in [5, 5.41) is 1.16. The Hall–Kier alpha value is -3.21. The Kier molecular flexibility index (Phi) is 5.30. The number of aromatic nitrogens is 2. The van der Waals surface area contributed by atoms with Crippen molar-refractivity contribution in [3.8, 4) is 0 Å². The Morgan fingerprint density at radius 3 is 2.69 bits per heavy atom. The van der Waals surface area contributed by atoms with E-state index in [2.05, 4.69) is 71.7 Å². The van der Waals surface area contributed by atoms with Gasteiger partial charge in [-0.25, -0.2) is 9.79 Å². The molecule has 2 aromatic carbocycles. The molecule has 5 nitrogen and oxygen atoms in total. The van der Waals surface area contributed by atoms with Gasteiger partial charge < -0.3 is 9.88 Å². The fourth-order valence-corrected chi connectivity index (χ4v) is 3.92. The molecule has 0 amide bonds. The second kappa shape index (κ2) is 8.03. The molecule has 0 saturated carbocycles. The van der Waals surface area contributed by atoms with Crippen LogP contribution in [0.25, 0.3) is 6.58 Å². The van der Waals surface area contributed by atoms with E-state index in [1.54, 1.807) is 0 Å². The number of benzene rings is 2. The molecule has 0 fully saturated rings. The lowest BCUT2D eigenvalue weighted by molar-refractivity contribution is 0.783. The van der Waals surface area contributed by atoms with E-state index < -0.39 is 0 Å². The largest absolute Gasteiger partial charge is 0.347 e. The first-order valence-electron chi connectivity index (χ1n) is 10.2. The molecule has 0 radical (unpaired) electrons. The summed E-state index contributed by atoms with van der Waals surface area (Å²) in [5.41, 5.74) is 5.41. The molecule has 2 heterocycles. The van der Waals surface area contributed by atoms with E-state index >= 15 is 0 Å². The lowest BCUT2D eigenvalue weighted by Crippen LogP contribution is -2.42. The molecule has 1 N–H and O–H groups in total. The number of anilines is 2. The summed E-state index contributed by atoms with van der Waals surface area (Å²) in [4.78, 5) is 25.9. The van der Waals surface area contributed by atoms with Crippen LogP contribution in [0.1, 0.15) is 36.5 Å². The SMILES string of the molecule is C=c1[nH]c(=O)nc2c1=Nc1cc(C)c(CCC)cc1N2CCCc1ccccc1. The number of hydrogen-bond donors (Lipinski definition) is 1. The average Bonchev–Trinajstić information content (AvgIpc) is 2.70. The predicted octanol–water partition coefficient (Wildman–Crippen LogP) is 3.48. The van der Waals surface area contributed by atoms with Crippen LogP contribution < -0.4 is 21.3 Å². The third kappa shape index (κ3) is 3.86. The smallest absolute Gasteiger partial charge is 0.322 e. The van der Waals surface area contributed by atoms with Gasteiger partial charge in [-0.15, -0.1) is 0 Å². The van der Waals surface area contributed by atoms with Crippen LogP contribution >= 0.6 is 0 Å². The predicted molar refractivity (Wildman–Crippen MR) is 118 cm³/mol. The molecule has 1 aliphatic heterocycles. The lowest BCUT2D eigenvalue weighted by atomic mass is 10.0. The van der Waals surface area contributed by atoms with E-state index in [0.717, 1.165) is 43.6 Å². The second-order valence-corrected chi connectivity index (χ2v) is 7.56. The second-order valence-electron chi connectivity index (χ2n) is 7.56. The van der Waals surface area contributed by atoms with Crippen molar-refractivity contribution in [2.75, 3.05) is 11.4 Å². The Bertz CT molecular complexity index is 1200. The molecule has 1 aromatic heterocycles. The van der Waals surface area contributed by atoms with Gasteiger partial charge in [-0.1, -0.05) is 50.3 Å². The molecule has 5 heteroatoms. The van der Waals surface area contributed by atoms with E-state index in [9.17, 15) is 4.79 Å². The number of rotatable bonds is 6. The van der Waals surface area contributed by atoms with Gasteiger partial charge >= 0.3 is 5.69 Å². The fourth-order valence-electron chi connectivity index (χ4n) is 3.92. The van der Waals surface area contributed by atoms with Crippen molar-refractivity contribution in [3.05, 3.63) is 80.3 Å². The first kappa shape index (κ1) is 19.1. The summed E-state index contributed by atoms with van der Waals surface area (Å²) in [6, 6.07) is 14.8. The van der Waals surface area contributed by atoms with E-state index in [1.807, 2.05) is 6.07 Å². The molecule has 0 aliphatic carbocycles. The molecule has 0 bridgehead atoms. The Morgan fingerprint density at radius 1 is 1.14 bits per heavy atom. The normalized spacial score (nSPS) is 12.3. The highest BCUT2D eigenvalue weighted by molar-refractivity contribution is 5.77. The topological polar surface area (TPSA) is 61.4 Å². The third-order valence-corrected chi connectivity index (χ3v) is 5.38. The zero-order chi connectivity index (χ0) is 20.4. The van der Waals surface area contributed by atoms with Crippen LogP contribution in [0, 0.1) is 6.92 Å². The number of nitrogens with zero attached hydrogens (tertiary/aromatic N) is 3. The van der Waals surface area contributed by atoms with Crippen molar-refractivity contribution in [2.24, 2.45) is 4.99 Å². The van der Waals surface area contributed by atoms with Gasteiger partial charge in [0.25, 0.3) is 0 Å².